The maximum atomic E-state index is 5.75. The zero-order valence-electron chi connectivity index (χ0n) is 11.5. The number of likely N-dealkylation sites (tertiary alicyclic amines) is 1. The van der Waals surface area contributed by atoms with Crippen LogP contribution in [0.4, 0.5) is 0 Å². The van der Waals surface area contributed by atoms with Crippen LogP contribution in [0.15, 0.2) is 37.4 Å². The minimum atomic E-state index is 0.809. The van der Waals surface area contributed by atoms with E-state index >= 15 is 0 Å². The normalized spacial score (nSPS) is 15.6. The maximum absolute atomic E-state index is 5.75. The van der Waals surface area contributed by atoms with E-state index in [9.17, 15) is 0 Å². The summed E-state index contributed by atoms with van der Waals surface area (Å²) in [6.45, 7) is 12.5. The zero-order valence-corrected chi connectivity index (χ0v) is 11.5. The molecule has 18 heavy (non-hydrogen) atoms. The number of nitrogens with zero attached hydrogens (tertiary/aromatic N) is 1. The second-order valence-corrected chi connectivity index (χ2v) is 4.57. The third-order valence-corrected chi connectivity index (χ3v) is 3.11. The van der Waals surface area contributed by atoms with E-state index in [0.717, 1.165) is 18.9 Å². The lowest BCUT2D eigenvalue weighted by molar-refractivity contribution is 0.183. The Hall–Kier alpha value is -1.28. The van der Waals surface area contributed by atoms with Gasteiger partial charge < -0.3 is 4.74 Å². The van der Waals surface area contributed by atoms with Crippen LogP contribution in [0, 0.1) is 6.92 Å². The topological polar surface area (TPSA) is 12.5 Å². The quantitative estimate of drug-likeness (QED) is 0.753. The van der Waals surface area contributed by atoms with Crippen molar-refractivity contribution in [3.05, 3.63) is 43.0 Å². The molecule has 1 aromatic rings. The van der Waals surface area contributed by atoms with Gasteiger partial charge in [-0.05, 0) is 50.6 Å². The highest BCUT2D eigenvalue weighted by Gasteiger charge is 2.09. The van der Waals surface area contributed by atoms with Crippen molar-refractivity contribution in [1.29, 1.82) is 0 Å². The van der Waals surface area contributed by atoms with Crippen LogP contribution in [0.1, 0.15) is 24.8 Å². The SMILES string of the molecule is C=C.Cc1cccc(OCCN2CCCCC2)c1. The first kappa shape index (κ1) is 14.8. The molecule has 0 atom stereocenters. The molecule has 1 aliphatic heterocycles. The number of hydrogen-bond acceptors (Lipinski definition) is 2. The third-order valence-electron chi connectivity index (χ3n) is 3.11. The molecule has 0 amide bonds. The van der Waals surface area contributed by atoms with Gasteiger partial charge in [0.2, 0.25) is 0 Å². The number of benzene rings is 1. The highest BCUT2D eigenvalue weighted by Crippen LogP contribution is 2.13. The van der Waals surface area contributed by atoms with Gasteiger partial charge in [-0.3, -0.25) is 4.90 Å². The van der Waals surface area contributed by atoms with E-state index in [1.54, 1.807) is 0 Å². The first-order valence-electron chi connectivity index (χ1n) is 6.76. The summed E-state index contributed by atoms with van der Waals surface area (Å²) in [7, 11) is 0. The van der Waals surface area contributed by atoms with Crippen molar-refractivity contribution in [3.63, 3.8) is 0 Å². The summed E-state index contributed by atoms with van der Waals surface area (Å²) >= 11 is 0. The summed E-state index contributed by atoms with van der Waals surface area (Å²) in [5.41, 5.74) is 1.26. The lowest BCUT2D eigenvalue weighted by Gasteiger charge is -2.26. The molecule has 1 aliphatic rings. The number of hydrogen-bond donors (Lipinski definition) is 0. The van der Waals surface area contributed by atoms with E-state index in [0.29, 0.717) is 0 Å². The largest absolute Gasteiger partial charge is 0.492 e. The van der Waals surface area contributed by atoms with E-state index in [4.69, 9.17) is 4.74 Å². The smallest absolute Gasteiger partial charge is 0.119 e. The molecule has 0 aromatic heterocycles. The molecule has 0 bridgehead atoms. The molecule has 0 saturated carbocycles. The van der Waals surface area contributed by atoms with Crippen LogP contribution in [0.3, 0.4) is 0 Å². The molecule has 2 nitrogen and oxygen atoms in total. The maximum Gasteiger partial charge on any atom is 0.119 e. The van der Waals surface area contributed by atoms with Crippen molar-refractivity contribution in [2.45, 2.75) is 26.2 Å². The molecule has 1 saturated heterocycles. The third kappa shape index (κ3) is 5.37. The fraction of sp³-hybridized carbons (Fsp3) is 0.500. The molecule has 1 heterocycles. The first-order chi connectivity index (χ1) is 8.84. The summed E-state index contributed by atoms with van der Waals surface area (Å²) in [6, 6.07) is 8.27. The summed E-state index contributed by atoms with van der Waals surface area (Å²) < 4.78 is 5.75. The molecule has 0 N–H and O–H groups in total. The molecular weight excluding hydrogens is 222 g/mol. The average molecular weight is 247 g/mol. The van der Waals surface area contributed by atoms with Crippen LogP contribution in [0.2, 0.25) is 0 Å². The Balaban J connectivity index is 0.000000771. The molecule has 100 valence electrons. The number of aryl methyl sites for hydroxylation is 1. The van der Waals surface area contributed by atoms with Crippen molar-refractivity contribution in [1.82, 2.24) is 4.90 Å². The minimum absolute atomic E-state index is 0.809. The van der Waals surface area contributed by atoms with Crippen LogP contribution in [-0.4, -0.2) is 31.1 Å². The van der Waals surface area contributed by atoms with Gasteiger partial charge in [-0.15, -0.1) is 13.2 Å². The number of piperidine rings is 1. The van der Waals surface area contributed by atoms with Gasteiger partial charge in [0.1, 0.15) is 12.4 Å². The van der Waals surface area contributed by atoms with Crippen LogP contribution in [0.5, 0.6) is 5.75 Å². The lowest BCUT2D eigenvalue weighted by atomic mass is 10.1. The summed E-state index contributed by atoms with van der Waals surface area (Å²) in [5, 5.41) is 0. The Morgan fingerprint density at radius 2 is 1.89 bits per heavy atom. The molecule has 1 fully saturated rings. The standard InChI is InChI=1S/C14H21NO.C2H4/c1-13-6-5-7-14(12-13)16-11-10-15-8-3-2-4-9-15;1-2/h5-7,12H,2-4,8-11H2,1H3;1-2H2. The highest BCUT2D eigenvalue weighted by atomic mass is 16.5. The van der Waals surface area contributed by atoms with E-state index in [1.165, 1.54) is 37.9 Å². The van der Waals surface area contributed by atoms with Crippen LogP contribution >= 0.6 is 0 Å². The fourth-order valence-electron chi connectivity index (χ4n) is 2.18. The van der Waals surface area contributed by atoms with Gasteiger partial charge in [0.15, 0.2) is 0 Å². The summed E-state index contributed by atoms with van der Waals surface area (Å²) in [5.74, 6) is 0.997. The van der Waals surface area contributed by atoms with E-state index in [1.807, 2.05) is 12.1 Å². The Kier molecular flexibility index (Phi) is 7.19. The van der Waals surface area contributed by atoms with Crippen LogP contribution < -0.4 is 4.74 Å². The van der Waals surface area contributed by atoms with E-state index in [-0.39, 0.29) is 0 Å². The Bertz CT molecular complexity index is 332. The van der Waals surface area contributed by atoms with Gasteiger partial charge in [-0.1, -0.05) is 18.6 Å². The van der Waals surface area contributed by atoms with Crippen molar-refractivity contribution in [3.8, 4) is 5.75 Å². The average Bonchev–Trinajstić information content (AvgIpc) is 2.42. The Morgan fingerprint density at radius 3 is 2.56 bits per heavy atom. The summed E-state index contributed by atoms with van der Waals surface area (Å²) in [6.07, 6.45) is 4.10. The molecule has 2 heteroatoms. The zero-order chi connectivity index (χ0) is 13.2. The predicted octanol–water partition coefficient (Wildman–Crippen LogP) is 3.66. The van der Waals surface area contributed by atoms with Gasteiger partial charge in [-0.25, -0.2) is 0 Å². The van der Waals surface area contributed by atoms with Gasteiger partial charge in [0.05, 0.1) is 0 Å². The molecule has 0 radical (unpaired) electrons. The number of rotatable bonds is 4. The van der Waals surface area contributed by atoms with Gasteiger partial charge in [-0.2, -0.15) is 0 Å². The monoisotopic (exact) mass is 247 g/mol. The van der Waals surface area contributed by atoms with E-state index < -0.39 is 0 Å². The Labute approximate surface area is 111 Å². The molecule has 0 unspecified atom stereocenters. The molecular formula is C16H25NO. The van der Waals surface area contributed by atoms with Crippen LogP contribution in [0.25, 0.3) is 0 Å². The van der Waals surface area contributed by atoms with Gasteiger partial charge >= 0.3 is 0 Å². The second kappa shape index (κ2) is 8.76. The van der Waals surface area contributed by atoms with Crippen molar-refractivity contribution in [2.24, 2.45) is 0 Å². The molecule has 1 aromatic carbocycles. The van der Waals surface area contributed by atoms with Crippen molar-refractivity contribution < 1.29 is 4.74 Å². The van der Waals surface area contributed by atoms with Gasteiger partial charge in [0.25, 0.3) is 0 Å². The van der Waals surface area contributed by atoms with Crippen molar-refractivity contribution >= 4 is 0 Å². The first-order valence-corrected chi connectivity index (χ1v) is 6.76. The fourth-order valence-corrected chi connectivity index (χ4v) is 2.18. The van der Waals surface area contributed by atoms with Crippen molar-refractivity contribution in [2.75, 3.05) is 26.2 Å². The highest BCUT2D eigenvalue weighted by molar-refractivity contribution is 5.27. The molecule has 0 spiro atoms. The molecule has 0 aliphatic carbocycles. The number of ether oxygens (including phenoxy) is 1. The predicted molar refractivity (Wildman–Crippen MR) is 78.2 cm³/mol. The second-order valence-electron chi connectivity index (χ2n) is 4.57. The molecule has 2 rings (SSSR count). The van der Waals surface area contributed by atoms with Crippen LogP contribution in [-0.2, 0) is 0 Å². The lowest BCUT2D eigenvalue weighted by Crippen LogP contribution is -2.33. The minimum Gasteiger partial charge on any atom is -0.492 e. The van der Waals surface area contributed by atoms with Gasteiger partial charge in [0, 0.05) is 6.54 Å². The van der Waals surface area contributed by atoms with E-state index in [2.05, 4.69) is 37.1 Å². The summed E-state index contributed by atoms with van der Waals surface area (Å²) in [4.78, 5) is 2.50. The Morgan fingerprint density at radius 1 is 1.17 bits per heavy atom.